The molecule has 1 unspecified atom stereocenters. The van der Waals surface area contributed by atoms with Gasteiger partial charge < -0.3 is 4.84 Å². The first-order valence-corrected chi connectivity index (χ1v) is 8.71. The summed E-state index contributed by atoms with van der Waals surface area (Å²) in [4.78, 5) is 22.0. The van der Waals surface area contributed by atoms with Crippen molar-refractivity contribution in [2.45, 2.75) is 12.5 Å². The van der Waals surface area contributed by atoms with Crippen molar-refractivity contribution in [1.82, 2.24) is 14.8 Å². The number of amides is 1. The minimum atomic E-state index is -0.737. The van der Waals surface area contributed by atoms with Crippen LogP contribution in [0.1, 0.15) is 12.0 Å². The molecule has 3 aromatic rings. The minimum Gasteiger partial charge on any atom is -0.382 e. The van der Waals surface area contributed by atoms with Gasteiger partial charge >= 0.3 is 0 Å². The molecule has 1 atom stereocenters. The number of carbonyl (C=O) groups is 1. The van der Waals surface area contributed by atoms with Gasteiger partial charge in [-0.1, -0.05) is 17.3 Å². The molecule has 0 bridgehead atoms. The van der Waals surface area contributed by atoms with Gasteiger partial charge in [0.1, 0.15) is 11.5 Å². The Balaban J connectivity index is 1.40. The highest BCUT2D eigenvalue weighted by Gasteiger charge is 2.29. The standard InChI is InChI=1S/C17H14FN5O2S/c1-23-14(6-7-19-23)13-9-26-17(20-13)21-16(24)15-8-12(22-25-15)10-2-4-11(18)5-3-10/h2-7,9,15H,8H2,1H3,(H,20,21,24). The van der Waals surface area contributed by atoms with Crippen molar-refractivity contribution >= 4 is 28.1 Å². The summed E-state index contributed by atoms with van der Waals surface area (Å²) in [6, 6.07) is 7.77. The zero-order valence-electron chi connectivity index (χ0n) is 13.7. The minimum absolute atomic E-state index is 0.317. The van der Waals surface area contributed by atoms with Crippen molar-refractivity contribution < 1.29 is 14.0 Å². The first-order chi connectivity index (χ1) is 12.6. The number of hydrogen-bond acceptors (Lipinski definition) is 6. The van der Waals surface area contributed by atoms with E-state index >= 15 is 0 Å². The summed E-state index contributed by atoms with van der Waals surface area (Å²) in [6.45, 7) is 0. The van der Waals surface area contributed by atoms with E-state index in [1.165, 1.54) is 23.5 Å². The molecule has 1 N–H and O–H groups in total. The largest absolute Gasteiger partial charge is 0.382 e. The fraction of sp³-hybridized carbons (Fsp3) is 0.176. The zero-order chi connectivity index (χ0) is 18.1. The third-order valence-corrected chi connectivity index (χ3v) is 4.71. The number of thiazole rings is 1. The Morgan fingerprint density at radius 3 is 2.88 bits per heavy atom. The molecule has 9 heteroatoms. The number of carbonyl (C=O) groups excluding carboxylic acids is 1. The van der Waals surface area contributed by atoms with Gasteiger partial charge in [0.2, 0.25) is 6.10 Å². The van der Waals surface area contributed by atoms with Crippen LogP contribution in [0.15, 0.2) is 47.1 Å². The Kier molecular flexibility index (Phi) is 4.21. The summed E-state index contributed by atoms with van der Waals surface area (Å²) in [7, 11) is 1.83. The molecule has 3 heterocycles. The third-order valence-electron chi connectivity index (χ3n) is 3.96. The lowest BCUT2D eigenvalue weighted by Crippen LogP contribution is -2.28. The Bertz CT molecular complexity index is 979. The number of rotatable bonds is 4. The van der Waals surface area contributed by atoms with E-state index in [0.29, 0.717) is 17.3 Å². The maximum atomic E-state index is 13.0. The molecule has 0 saturated heterocycles. The Hall–Kier alpha value is -3.07. The van der Waals surface area contributed by atoms with Gasteiger partial charge in [-0.3, -0.25) is 14.8 Å². The summed E-state index contributed by atoms with van der Waals surface area (Å²) in [5, 5.41) is 13.1. The molecule has 0 saturated carbocycles. The quantitative estimate of drug-likeness (QED) is 0.765. The topological polar surface area (TPSA) is 81.4 Å². The van der Waals surface area contributed by atoms with Crippen LogP contribution in [0.5, 0.6) is 0 Å². The van der Waals surface area contributed by atoms with Crippen LogP contribution in [0.4, 0.5) is 9.52 Å². The van der Waals surface area contributed by atoms with E-state index in [-0.39, 0.29) is 11.7 Å². The number of hydrogen-bond donors (Lipinski definition) is 1. The van der Waals surface area contributed by atoms with Gasteiger partial charge in [-0.2, -0.15) is 5.10 Å². The van der Waals surface area contributed by atoms with Gasteiger partial charge in [-0.05, 0) is 23.8 Å². The van der Waals surface area contributed by atoms with Gasteiger partial charge in [0.05, 0.1) is 11.4 Å². The molecule has 4 rings (SSSR count). The van der Waals surface area contributed by atoms with Crippen molar-refractivity contribution in [3.63, 3.8) is 0 Å². The van der Waals surface area contributed by atoms with Crippen LogP contribution in [0, 0.1) is 5.82 Å². The zero-order valence-corrected chi connectivity index (χ0v) is 14.5. The highest BCUT2D eigenvalue weighted by Crippen LogP contribution is 2.25. The lowest BCUT2D eigenvalue weighted by atomic mass is 10.0. The van der Waals surface area contributed by atoms with Gasteiger partial charge in [0.25, 0.3) is 5.91 Å². The Labute approximate surface area is 152 Å². The predicted octanol–water partition coefficient (Wildman–Crippen LogP) is 2.81. The molecule has 1 aliphatic rings. The van der Waals surface area contributed by atoms with Crippen LogP contribution in [-0.4, -0.2) is 32.5 Å². The van der Waals surface area contributed by atoms with Crippen LogP contribution in [0.25, 0.3) is 11.4 Å². The second-order valence-electron chi connectivity index (χ2n) is 5.71. The normalized spacial score (nSPS) is 16.2. The number of nitrogens with zero attached hydrogens (tertiary/aromatic N) is 4. The molecule has 1 aliphatic heterocycles. The van der Waals surface area contributed by atoms with E-state index in [4.69, 9.17) is 4.84 Å². The summed E-state index contributed by atoms with van der Waals surface area (Å²) in [6.07, 6.45) is 1.27. The van der Waals surface area contributed by atoms with E-state index in [0.717, 1.165) is 17.0 Å². The third kappa shape index (κ3) is 3.21. The van der Waals surface area contributed by atoms with E-state index < -0.39 is 6.10 Å². The average Bonchev–Trinajstić information content (AvgIpc) is 3.36. The van der Waals surface area contributed by atoms with Gasteiger partial charge in [0.15, 0.2) is 5.13 Å². The first kappa shape index (κ1) is 16.4. The van der Waals surface area contributed by atoms with Crippen LogP contribution in [0.3, 0.4) is 0 Å². The van der Waals surface area contributed by atoms with Crippen LogP contribution >= 0.6 is 11.3 Å². The molecule has 0 aliphatic carbocycles. The number of anilines is 1. The van der Waals surface area contributed by atoms with Crippen molar-refractivity contribution in [2.24, 2.45) is 12.2 Å². The van der Waals surface area contributed by atoms with Gasteiger partial charge in [-0.15, -0.1) is 11.3 Å². The number of nitrogens with one attached hydrogen (secondary N) is 1. The summed E-state index contributed by atoms with van der Waals surface area (Å²) in [5.41, 5.74) is 2.94. The van der Waals surface area contributed by atoms with Crippen LogP contribution in [0.2, 0.25) is 0 Å². The second kappa shape index (κ2) is 6.68. The number of aryl methyl sites for hydroxylation is 1. The molecular formula is C17H14FN5O2S. The smallest absolute Gasteiger partial charge is 0.270 e. The van der Waals surface area contributed by atoms with E-state index in [2.05, 4.69) is 20.6 Å². The van der Waals surface area contributed by atoms with Crippen LogP contribution in [-0.2, 0) is 16.7 Å². The summed E-state index contributed by atoms with van der Waals surface area (Å²) in [5.74, 6) is -0.646. The van der Waals surface area contributed by atoms with E-state index in [1.807, 2.05) is 18.5 Å². The molecule has 0 spiro atoms. The maximum absolute atomic E-state index is 13.0. The molecule has 132 valence electrons. The fourth-order valence-electron chi connectivity index (χ4n) is 2.59. The number of oxime groups is 1. The predicted molar refractivity (Wildman–Crippen MR) is 95.4 cm³/mol. The SMILES string of the molecule is Cn1nccc1-c1csc(NC(=O)C2CC(c3ccc(F)cc3)=NO2)n1. The molecular weight excluding hydrogens is 357 g/mol. The van der Waals surface area contributed by atoms with Gasteiger partial charge in [0, 0.05) is 25.0 Å². The molecule has 2 aromatic heterocycles. The number of aromatic nitrogens is 3. The fourth-order valence-corrected chi connectivity index (χ4v) is 3.30. The lowest BCUT2D eigenvalue weighted by Gasteiger charge is -2.07. The van der Waals surface area contributed by atoms with Crippen molar-refractivity contribution in [1.29, 1.82) is 0 Å². The highest BCUT2D eigenvalue weighted by atomic mass is 32.1. The molecule has 0 radical (unpaired) electrons. The van der Waals surface area contributed by atoms with E-state index in [9.17, 15) is 9.18 Å². The second-order valence-corrected chi connectivity index (χ2v) is 6.57. The van der Waals surface area contributed by atoms with E-state index in [1.54, 1.807) is 23.0 Å². The first-order valence-electron chi connectivity index (χ1n) is 7.83. The van der Waals surface area contributed by atoms with Crippen molar-refractivity contribution in [3.05, 3.63) is 53.3 Å². The molecule has 1 amide bonds. The molecule has 26 heavy (non-hydrogen) atoms. The summed E-state index contributed by atoms with van der Waals surface area (Å²) < 4.78 is 14.7. The highest BCUT2D eigenvalue weighted by molar-refractivity contribution is 7.14. The molecule has 1 aromatic carbocycles. The maximum Gasteiger partial charge on any atom is 0.270 e. The monoisotopic (exact) mass is 371 g/mol. The number of halogens is 1. The van der Waals surface area contributed by atoms with Crippen LogP contribution < -0.4 is 5.32 Å². The van der Waals surface area contributed by atoms with Crippen molar-refractivity contribution in [3.8, 4) is 11.4 Å². The summed E-state index contributed by atoms with van der Waals surface area (Å²) >= 11 is 1.32. The number of benzene rings is 1. The molecule has 7 nitrogen and oxygen atoms in total. The molecule has 0 fully saturated rings. The lowest BCUT2D eigenvalue weighted by molar-refractivity contribution is -0.125. The van der Waals surface area contributed by atoms with Gasteiger partial charge in [-0.25, -0.2) is 9.37 Å². The Morgan fingerprint density at radius 1 is 1.35 bits per heavy atom. The Morgan fingerprint density at radius 2 is 2.15 bits per heavy atom. The van der Waals surface area contributed by atoms with Crippen molar-refractivity contribution in [2.75, 3.05) is 5.32 Å². The average molecular weight is 371 g/mol.